The SMILES string of the molecule is C=CCN(CCO)Cc1cc(Cl)ccc1Cl. The molecule has 0 saturated carbocycles. The molecule has 0 aliphatic carbocycles. The first-order chi connectivity index (χ1) is 7.67. The molecule has 0 saturated heterocycles. The van der Waals surface area contributed by atoms with E-state index in [2.05, 4.69) is 6.58 Å². The van der Waals surface area contributed by atoms with E-state index in [1.54, 1.807) is 18.2 Å². The predicted molar refractivity (Wildman–Crippen MR) is 69.0 cm³/mol. The zero-order valence-corrected chi connectivity index (χ0v) is 10.5. The maximum Gasteiger partial charge on any atom is 0.0558 e. The minimum Gasteiger partial charge on any atom is -0.395 e. The van der Waals surface area contributed by atoms with Gasteiger partial charge in [-0.25, -0.2) is 0 Å². The van der Waals surface area contributed by atoms with Crippen LogP contribution in [0.1, 0.15) is 5.56 Å². The van der Waals surface area contributed by atoms with Gasteiger partial charge in [-0.1, -0.05) is 29.3 Å². The summed E-state index contributed by atoms with van der Waals surface area (Å²) >= 11 is 12.0. The van der Waals surface area contributed by atoms with Crippen molar-refractivity contribution in [1.82, 2.24) is 4.90 Å². The van der Waals surface area contributed by atoms with Gasteiger partial charge in [0.2, 0.25) is 0 Å². The second kappa shape index (κ2) is 6.92. The summed E-state index contributed by atoms with van der Waals surface area (Å²) in [6.45, 7) is 5.76. The van der Waals surface area contributed by atoms with Gasteiger partial charge in [-0.2, -0.15) is 0 Å². The Kier molecular flexibility index (Phi) is 5.85. The molecule has 0 bridgehead atoms. The molecule has 0 aliphatic rings. The second-order valence-corrected chi connectivity index (χ2v) is 4.33. The molecule has 0 heterocycles. The van der Waals surface area contributed by atoms with Gasteiger partial charge in [0.1, 0.15) is 0 Å². The van der Waals surface area contributed by atoms with Crippen molar-refractivity contribution in [3.05, 3.63) is 46.5 Å². The van der Waals surface area contributed by atoms with E-state index in [1.165, 1.54) is 0 Å². The third-order valence-electron chi connectivity index (χ3n) is 2.21. The zero-order chi connectivity index (χ0) is 12.0. The molecule has 0 radical (unpaired) electrons. The molecule has 0 aromatic heterocycles. The van der Waals surface area contributed by atoms with Crippen LogP contribution in [0.3, 0.4) is 0 Å². The molecular formula is C12H15Cl2NO. The number of aliphatic hydroxyl groups is 1. The number of aliphatic hydroxyl groups excluding tert-OH is 1. The summed E-state index contributed by atoms with van der Waals surface area (Å²) in [4.78, 5) is 2.05. The highest BCUT2D eigenvalue weighted by Crippen LogP contribution is 2.21. The van der Waals surface area contributed by atoms with Crippen LogP contribution in [0.25, 0.3) is 0 Å². The average Bonchev–Trinajstić information content (AvgIpc) is 2.24. The van der Waals surface area contributed by atoms with E-state index in [4.69, 9.17) is 28.3 Å². The topological polar surface area (TPSA) is 23.5 Å². The van der Waals surface area contributed by atoms with Crippen molar-refractivity contribution in [3.8, 4) is 0 Å². The van der Waals surface area contributed by atoms with Crippen molar-refractivity contribution in [3.63, 3.8) is 0 Å². The summed E-state index contributed by atoms with van der Waals surface area (Å²) in [7, 11) is 0. The Balaban J connectivity index is 2.75. The maximum atomic E-state index is 8.93. The molecule has 0 atom stereocenters. The molecule has 4 heteroatoms. The lowest BCUT2D eigenvalue weighted by molar-refractivity contribution is 0.203. The van der Waals surface area contributed by atoms with Crippen LogP contribution >= 0.6 is 23.2 Å². The Hall–Kier alpha value is -0.540. The first-order valence-corrected chi connectivity index (χ1v) is 5.81. The zero-order valence-electron chi connectivity index (χ0n) is 9.00. The predicted octanol–water partition coefficient (Wildman–Crippen LogP) is 2.97. The van der Waals surface area contributed by atoms with Crippen LogP contribution in [0.2, 0.25) is 10.0 Å². The highest BCUT2D eigenvalue weighted by molar-refractivity contribution is 6.33. The number of nitrogens with zero attached hydrogens (tertiary/aromatic N) is 1. The van der Waals surface area contributed by atoms with Gasteiger partial charge in [0.25, 0.3) is 0 Å². The fraction of sp³-hybridized carbons (Fsp3) is 0.333. The summed E-state index contributed by atoms with van der Waals surface area (Å²) in [5, 5.41) is 10.3. The molecule has 0 amide bonds. The quantitative estimate of drug-likeness (QED) is 0.795. The number of benzene rings is 1. The van der Waals surface area contributed by atoms with E-state index < -0.39 is 0 Å². The van der Waals surface area contributed by atoms with Crippen LogP contribution < -0.4 is 0 Å². The molecule has 0 aliphatic heterocycles. The number of halogens is 2. The van der Waals surface area contributed by atoms with Crippen LogP contribution in [0.5, 0.6) is 0 Å². The summed E-state index contributed by atoms with van der Waals surface area (Å²) in [5.41, 5.74) is 0.962. The Labute approximate surface area is 106 Å². The minimum absolute atomic E-state index is 0.117. The molecular weight excluding hydrogens is 245 g/mol. The number of rotatable bonds is 6. The van der Waals surface area contributed by atoms with E-state index in [1.807, 2.05) is 11.0 Å². The van der Waals surface area contributed by atoms with Crippen LogP contribution in [-0.2, 0) is 6.54 Å². The molecule has 0 unspecified atom stereocenters. The Morgan fingerprint density at radius 1 is 1.38 bits per heavy atom. The van der Waals surface area contributed by atoms with Crippen molar-refractivity contribution < 1.29 is 5.11 Å². The van der Waals surface area contributed by atoms with Gasteiger partial charge in [0.05, 0.1) is 6.61 Å². The molecule has 1 aromatic carbocycles. The first-order valence-electron chi connectivity index (χ1n) is 5.05. The third kappa shape index (κ3) is 4.14. The molecule has 1 N–H and O–H groups in total. The Morgan fingerprint density at radius 3 is 2.75 bits per heavy atom. The fourth-order valence-electron chi connectivity index (χ4n) is 1.46. The van der Waals surface area contributed by atoms with E-state index in [0.29, 0.717) is 29.7 Å². The number of hydrogen-bond donors (Lipinski definition) is 1. The first kappa shape index (κ1) is 13.5. The lowest BCUT2D eigenvalue weighted by Crippen LogP contribution is -2.26. The van der Waals surface area contributed by atoms with Gasteiger partial charge in [0.15, 0.2) is 0 Å². The van der Waals surface area contributed by atoms with Gasteiger partial charge in [-0.05, 0) is 23.8 Å². The van der Waals surface area contributed by atoms with Gasteiger partial charge >= 0.3 is 0 Å². The number of hydrogen-bond acceptors (Lipinski definition) is 2. The summed E-state index contributed by atoms with van der Waals surface area (Å²) in [5.74, 6) is 0. The molecule has 1 aromatic rings. The lowest BCUT2D eigenvalue weighted by atomic mass is 10.2. The standard InChI is InChI=1S/C12H15Cl2NO/c1-2-5-15(6-7-16)9-10-8-11(13)3-4-12(10)14/h2-4,8,16H,1,5-7,9H2. The monoisotopic (exact) mass is 259 g/mol. The molecule has 0 fully saturated rings. The van der Waals surface area contributed by atoms with Gasteiger partial charge in [-0.3, -0.25) is 4.90 Å². The van der Waals surface area contributed by atoms with Crippen molar-refractivity contribution in [1.29, 1.82) is 0 Å². The lowest BCUT2D eigenvalue weighted by Gasteiger charge is -2.20. The van der Waals surface area contributed by atoms with Gasteiger partial charge < -0.3 is 5.11 Å². The van der Waals surface area contributed by atoms with E-state index in [9.17, 15) is 0 Å². The van der Waals surface area contributed by atoms with Crippen molar-refractivity contribution in [2.45, 2.75) is 6.54 Å². The van der Waals surface area contributed by atoms with Crippen LogP contribution in [0, 0.1) is 0 Å². The van der Waals surface area contributed by atoms with Crippen molar-refractivity contribution >= 4 is 23.2 Å². The van der Waals surface area contributed by atoms with Crippen LogP contribution in [0.15, 0.2) is 30.9 Å². The smallest absolute Gasteiger partial charge is 0.0558 e. The summed E-state index contributed by atoms with van der Waals surface area (Å²) < 4.78 is 0. The maximum absolute atomic E-state index is 8.93. The molecule has 16 heavy (non-hydrogen) atoms. The molecule has 1 rings (SSSR count). The third-order valence-corrected chi connectivity index (χ3v) is 2.81. The fourth-order valence-corrected chi connectivity index (χ4v) is 1.84. The van der Waals surface area contributed by atoms with E-state index in [0.717, 1.165) is 5.56 Å². The van der Waals surface area contributed by atoms with Gasteiger partial charge in [-0.15, -0.1) is 6.58 Å². The average molecular weight is 260 g/mol. The highest BCUT2D eigenvalue weighted by Gasteiger charge is 2.07. The normalized spacial score (nSPS) is 10.8. The highest BCUT2D eigenvalue weighted by atomic mass is 35.5. The largest absolute Gasteiger partial charge is 0.395 e. The molecule has 2 nitrogen and oxygen atoms in total. The van der Waals surface area contributed by atoms with Crippen LogP contribution in [0.4, 0.5) is 0 Å². The Morgan fingerprint density at radius 2 is 2.12 bits per heavy atom. The minimum atomic E-state index is 0.117. The summed E-state index contributed by atoms with van der Waals surface area (Å²) in [6, 6.07) is 5.39. The molecule has 0 spiro atoms. The van der Waals surface area contributed by atoms with E-state index >= 15 is 0 Å². The van der Waals surface area contributed by atoms with E-state index in [-0.39, 0.29) is 6.61 Å². The van der Waals surface area contributed by atoms with Gasteiger partial charge in [0, 0.05) is 29.7 Å². The Bertz CT molecular complexity index is 355. The molecule has 88 valence electrons. The second-order valence-electron chi connectivity index (χ2n) is 3.48. The van der Waals surface area contributed by atoms with Crippen LogP contribution in [-0.4, -0.2) is 29.7 Å². The van der Waals surface area contributed by atoms with Crippen molar-refractivity contribution in [2.24, 2.45) is 0 Å². The van der Waals surface area contributed by atoms with Crippen molar-refractivity contribution in [2.75, 3.05) is 19.7 Å². The summed E-state index contributed by atoms with van der Waals surface area (Å²) in [6.07, 6.45) is 1.80.